The van der Waals surface area contributed by atoms with Crippen molar-refractivity contribution in [3.05, 3.63) is 41.7 Å². The van der Waals surface area contributed by atoms with E-state index in [1.54, 1.807) is 20.3 Å². The number of nitrogens with zero attached hydrogens (tertiary/aromatic N) is 3. The normalized spacial score (nSPS) is 22.8. The molecule has 1 aromatic carbocycles. The van der Waals surface area contributed by atoms with Crippen LogP contribution in [-0.4, -0.2) is 53.2 Å². The van der Waals surface area contributed by atoms with Gasteiger partial charge in [-0.05, 0) is 43.2 Å². The Labute approximate surface area is 207 Å². The second-order valence-electron chi connectivity index (χ2n) is 10.9. The quantitative estimate of drug-likeness (QED) is 0.458. The van der Waals surface area contributed by atoms with E-state index in [2.05, 4.69) is 49.3 Å². The van der Waals surface area contributed by atoms with Crippen molar-refractivity contribution in [3.63, 3.8) is 0 Å². The third-order valence-corrected chi connectivity index (χ3v) is 7.42. The minimum atomic E-state index is 0.349. The van der Waals surface area contributed by atoms with Crippen LogP contribution in [0.25, 0.3) is 16.9 Å². The zero-order chi connectivity index (χ0) is 24.0. The fraction of sp³-hybridized carbons (Fsp3) is 0.519. The lowest BCUT2D eigenvalue weighted by atomic mass is 9.91. The Balaban J connectivity index is 1.34. The highest BCUT2D eigenvalue weighted by Crippen LogP contribution is 2.40. The summed E-state index contributed by atoms with van der Waals surface area (Å²) < 4.78 is 12.9. The van der Waals surface area contributed by atoms with Crippen LogP contribution in [0.3, 0.4) is 0 Å². The molecule has 1 unspecified atom stereocenters. The van der Waals surface area contributed by atoms with Gasteiger partial charge in [0.25, 0.3) is 0 Å². The molecule has 2 aliphatic heterocycles. The lowest BCUT2D eigenvalue weighted by Crippen LogP contribution is -2.49. The molecule has 2 bridgehead atoms. The van der Waals surface area contributed by atoms with Crippen molar-refractivity contribution in [1.29, 1.82) is 0 Å². The molecule has 2 fully saturated rings. The summed E-state index contributed by atoms with van der Waals surface area (Å²) in [6, 6.07) is 9.82. The predicted octanol–water partition coefficient (Wildman–Crippen LogP) is 6.13. The first-order valence-electron chi connectivity index (χ1n) is 12.2. The molecule has 0 aliphatic carbocycles. The summed E-state index contributed by atoms with van der Waals surface area (Å²) in [7, 11) is 3.24. The Hall–Kier alpha value is -2.44. The van der Waals surface area contributed by atoms with Crippen molar-refractivity contribution in [1.82, 2.24) is 14.3 Å². The monoisotopic (exact) mass is 482 g/mol. The van der Waals surface area contributed by atoms with E-state index in [1.165, 1.54) is 32.2 Å². The minimum Gasteiger partial charge on any atom is -0.496 e. The van der Waals surface area contributed by atoms with Gasteiger partial charge >= 0.3 is 0 Å². The largest absolute Gasteiger partial charge is 0.496 e. The molecule has 182 valence electrons. The Morgan fingerprint density at radius 1 is 1.06 bits per heavy atom. The minimum absolute atomic E-state index is 0.349. The number of anilines is 1. The molecule has 0 saturated carbocycles. The molecule has 2 saturated heterocycles. The number of nitrogens with one attached hydrogen (secondary N) is 1. The van der Waals surface area contributed by atoms with Crippen LogP contribution in [-0.2, 0) is 0 Å². The first-order valence-corrected chi connectivity index (χ1v) is 12.5. The Morgan fingerprint density at radius 3 is 2.41 bits per heavy atom. The number of aromatic nitrogens is 2. The molecule has 2 aliphatic rings. The van der Waals surface area contributed by atoms with E-state index in [-0.39, 0.29) is 0 Å². The fourth-order valence-corrected chi connectivity index (χ4v) is 5.94. The summed E-state index contributed by atoms with van der Waals surface area (Å²) in [6.45, 7) is 8.23. The summed E-state index contributed by atoms with van der Waals surface area (Å²) in [5.41, 5.74) is 4.02. The van der Waals surface area contributed by atoms with Gasteiger partial charge in [0.1, 0.15) is 17.1 Å². The molecule has 7 heteroatoms. The van der Waals surface area contributed by atoms with Crippen LogP contribution >= 0.6 is 11.6 Å². The van der Waals surface area contributed by atoms with Crippen molar-refractivity contribution in [2.75, 3.05) is 26.1 Å². The molecule has 3 aromatic rings. The molecular formula is C27H35ClN4O2. The number of rotatable bonds is 6. The number of hydrogen-bond donors (Lipinski definition) is 1. The van der Waals surface area contributed by atoms with Gasteiger partial charge in [-0.1, -0.05) is 32.4 Å². The maximum Gasteiger partial charge on any atom is 0.141 e. The van der Waals surface area contributed by atoms with Gasteiger partial charge < -0.3 is 19.2 Å². The number of pyridine rings is 1. The van der Waals surface area contributed by atoms with Crippen LogP contribution in [0.1, 0.15) is 46.5 Å². The summed E-state index contributed by atoms with van der Waals surface area (Å²) >= 11 is 6.39. The highest BCUT2D eigenvalue weighted by Gasteiger charge is 2.41. The number of benzene rings is 1. The van der Waals surface area contributed by atoms with E-state index in [1.807, 2.05) is 16.7 Å². The molecule has 0 amide bonds. The summed E-state index contributed by atoms with van der Waals surface area (Å²) in [6.07, 6.45) is 9.14. The first kappa shape index (κ1) is 23.3. The van der Waals surface area contributed by atoms with E-state index in [9.17, 15) is 0 Å². The van der Waals surface area contributed by atoms with Crippen LogP contribution in [0.2, 0.25) is 5.02 Å². The Kier molecular flexibility index (Phi) is 6.15. The maximum atomic E-state index is 6.39. The third-order valence-electron chi connectivity index (χ3n) is 7.12. The fourth-order valence-electron chi connectivity index (χ4n) is 5.70. The van der Waals surface area contributed by atoms with Crippen LogP contribution < -0.4 is 14.8 Å². The second-order valence-corrected chi connectivity index (χ2v) is 11.3. The average molecular weight is 483 g/mol. The summed E-state index contributed by atoms with van der Waals surface area (Å²) in [4.78, 5) is 7.65. The van der Waals surface area contributed by atoms with E-state index >= 15 is 0 Å². The van der Waals surface area contributed by atoms with Crippen molar-refractivity contribution in [3.8, 4) is 22.8 Å². The molecule has 0 spiro atoms. The predicted molar refractivity (Wildman–Crippen MR) is 138 cm³/mol. The van der Waals surface area contributed by atoms with Gasteiger partial charge in [-0.2, -0.15) is 0 Å². The second kappa shape index (κ2) is 8.97. The van der Waals surface area contributed by atoms with Gasteiger partial charge in [0.2, 0.25) is 0 Å². The van der Waals surface area contributed by atoms with Gasteiger partial charge in [-0.25, -0.2) is 4.98 Å². The van der Waals surface area contributed by atoms with Crippen LogP contribution in [0.4, 0.5) is 5.69 Å². The van der Waals surface area contributed by atoms with E-state index < -0.39 is 0 Å². The number of halogens is 1. The molecular weight excluding hydrogens is 448 g/mol. The van der Waals surface area contributed by atoms with E-state index in [0.717, 1.165) is 22.6 Å². The van der Waals surface area contributed by atoms with Crippen LogP contribution in [0, 0.1) is 5.41 Å². The average Bonchev–Trinajstić information content (AvgIpc) is 3.29. The number of methoxy groups -OCH3 is 2. The van der Waals surface area contributed by atoms with Gasteiger partial charge in [0.05, 0.1) is 24.9 Å². The third kappa shape index (κ3) is 4.58. The number of fused-ring (bicyclic) bond motifs is 3. The zero-order valence-corrected chi connectivity index (χ0v) is 21.5. The van der Waals surface area contributed by atoms with Crippen molar-refractivity contribution in [2.24, 2.45) is 5.41 Å². The number of piperidine rings is 1. The molecule has 4 heterocycles. The zero-order valence-electron chi connectivity index (χ0n) is 20.8. The lowest BCUT2D eigenvalue weighted by Gasteiger charge is -2.42. The maximum absolute atomic E-state index is 6.39. The van der Waals surface area contributed by atoms with Gasteiger partial charge in [0, 0.05) is 60.4 Å². The summed E-state index contributed by atoms with van der Waals surface area (Å²) in [5, 5.41) is 4.34. The molecule has 6 nitrogen and oxygen atoms in total. The smallest absolute Gasteiger partial charge is 0.141 e. The van der Waals surface area contributed by atoms with Crippen LogP contribution in [0.15, 0.2) is 36.7 Å². The molecule has 0 radical (unpaired) electrons. The Morgan fingerprint density at radius 2 is 1.76 bits per heavy atom. The van der Waals surface area contributed by atoms with Gasteiger partial charge in [-0.15, -0.1) is 0 Å². The molecule has 5 rings (SSSR count). The lowest BCUT2D eigenvalue weighted by molar-refractivity contribution is 0.0905. The van der Waals surface area contributed by atoms with Crippen molar-refractivity contribution < 1.29 is 9.47 Å². The topological polar surface area (TPSA) is 51.0 Å². The highest BCUT2D eigenvalue weighted by molar-refractivity contribution is 6.32. The van der Waals surface area contributed by atoms with Gasteiger partial charge in [0.15, 0.2) is 0 Å². The number of ether oxygens (including phenoxy) is 2. The molecule has 1 N–H and O–H groups in total. The molecule has 34 heavy (non-hydrogen) atoms. The summed E-state index contributed by atoms with van der Waals surface area (Å²) in [5.74, 6) is 1.26. The van der Waals surface area contributed by atoms with Crippen LogP contribution in [0.5, 0.6) is 11.5 Å². The van der Waals surface area contributed by atoms with Crippen molar-refractivity contribution >= 4 is 22.9 Å². The molecule has 3 atom stereocenters. The molecule has 2 aromatic heterocycles. The van der Waals surface area contributed by atoms with Crippen molar-refractivity contribution in [2.45, 2.75) is 64.6 Å². The number of hydrogen-bond acceptors (Lipinski definition) is 5. The standard InChI is InChI=1S/C27H35ClN4O2/c1-27(2,3)16-32-19-6-7-20(32)11-18(10-19)29-17-8-9-31-15-23(30-26(31)12-17)21-13-22(28)25(34-5)14-24(21)33-4/h8-9,12-15,18-20,29H,6-7,10-11,16H2,1-5H3/t18?,19-,20+. The van der Waals surface area contributed by atoms with E-state index in [0.29, 0.717) is 40.1 Å². The SMILES string of the molecule is COc1cc(OC)c(-c2cn3ccc(NC4C[C@H]5CC[C@@H](C4)N5CC(C)(C)C)cc3n2)cc1Cl. The Bertz CT molecular complexity index is 1170. The van der Waals surface area contributed by atoms with E-state index in [4.69, 9.17) is 26.1 Å². The number of imidazole rings is 1. The first-order chi connectivity index (χ1) is 16.2. The van der Waals surface area contributed by atoms with Gasteiger partial charge in [-0.3, -0.25) is 4.90 Å². The highest BCUT2D eigenvalue weighted by atomic mass is 35.5.